The van der Waals surface area contributed by atoms with Crippen LogP contribution in [0, 0.1) is 5.92 Å². The highest BCUT2D eigenvalue weighted by atomic mass is 32.2. The van der Waals surface area contributed by atoms with Crippen LogP contribution in [0.25, 0.3) is 0 Å². The lowest BCUT2D eigenvalue weighted by atomic mass is 10.0. The normalized spacial score (nSPS) is 18.6. The number of hydrogen-bond donors (Lipinski definition) is 3. The van der Waals surface area contributed by atoms with Crippen LogP contribution in [-0.2, 0) is 10.2 Å². The highest BCUT2D eigenvalue weighted by molar-refractivity contribution is 7.90. The van der Waals surface area contributed by atoms with Crippen molar-refractivity contribution in [3.63, 3.8) is 0 Å². The summed E-state index contributed by atoms with van der Waals surface area (Å²) in [5.74, 6) is 0.404. The zero-order valence-electron chi connectivity index (χ0n) is 11.9. The van der Waals surface area contributed by atoms with Crippen molar-refractivity contribution < 1.29 is 13.6 Å². The Hall–Kier alpha value is -1.80. The quantitative estimate of drug-likeness (QED) is 0.335. The predicted octanol–water partition coefficient (Wildman–Crippen LogP) is 1.17. The van der Waals surface area contributed by atoms with Crippen molar-refractivity contribution in [3.8, 4) is 0 Å². The van der Waals surface area contributed by atoms with Gasteiger partial charge in [0.05, 0.1) is 5.69 Å². The number of nitrogens with one attached hydrogen (secondary N) is 1. The Balaban J connectivity index is 2.21. The summed E-state index contributed by atoms with van der Waals surface area (Å²) in [6, 6.07) is 6.54. The Kier molecular flexibility index (Phi) is 4.69. The van der Waals surface area contributed by atoms with E-state index in [9.17, 15) is 8.42 Å². The minimum absolute atomic E-state index is 0.138. The SMILES string of the molecule is CC1CCN(S(=O)(=O)Nc2ccccc2/C(N)=N/O)CC1. The Morgan fingerprint density at radius 2 is 2.00 bits per heavy atom. The van der Waals surface area contributed by atoms with E-state index in [1.807, 2.05) is 0 Å². The second-order valence-electron chi connectivity index (χ2n) is 5.22. The van der Waals surface area contributed by atoms with Gasteiger partial charge in [0.15, 0.2) is 5.84 Å². The Morgan fingerprint density at radius 3 is 2.62 bits per heavy atom. The van der Waals surface area contributed by atoms with Crippen LogP contribution in [0.4, 0.5) is 5.69 Å². The van der Waals surface area contributed by atoms with Crippen molar-refractivity contribution in [2.75, 3.05) is 17.8 Å². The molecule has 4 N–H and O–H groups in total. The molecule has 1 aromatic carbocycles. The fourth-order valence-corrected chi connectivity index (χ4v) is 3.55. The van der Waals surface area contributed by atoms with Crippen LogP contribution in [0.15, 0.2) is 29.4 Å². The number of para-hydroxylation sites is 1. The van der Waals surface area contributed by atoms with Crippen LogP contribution in [-0.4, -0.2) is 36.9 Å². The lowest BCUT2D eigenvalue weighted by molar-refractivity contribution is 0.289. The van der Waals surface area contributed by atoms with E-state index in [4.69, 9.17) is 10.9 Å². The van der Waals surface area contributed by atoms with Crippen molar-refractivity contribution in [1.29, 1.82) is 0 Å². The molecule has 7 nitrogen and oxygen atoms in total. The zero-order valence-corrected chi connectivity index (χ0v) is 12.7. The number of piperidine rings is 1. The highest BCUT2D eigenvalue weighted by Crippen LogP contribution is 2.22. The summed E-state index contributed by atoms with van der Waals surface area (Å²) < 4.78 is 28.7. The molecule has 1 aromatic rings. The first-order valence-corrected chi connectivity index (χ1v) is 8.23. The summed E-state index contributed by atoms with van der Waals surface area (Å²) in [5, 5.41) is 11.7. The zero-order chi connectivity index (χ0) is 15.5. The molecule has 0 amide bonds. The molecular weight excluding hydrogens is 292 g/mol. The molecule has 1 fully saturated rings. The van der Waals surface area contributed by atoms with Gasteiger partial charge in [-0.15, -0.1) is 0 Å². The lowest BCUT2D eigenvalue weighted by Gasteiger charge is -2.29. The van der Waals surface area contributed by atoms with Crippen LogP contribution < -0.4 is 10.5 Å². The first kappa shape index (κ1) is 15.6. The number of amidine groups is 1. The summed E-state index contributed by atoms with van der Waals surface area (Å²) in [6.45, 7) is 3.12. The Bertz CT molecular complexity index is 622. The molecule has 0 spiro atoms. The number of nitrogens with zero attached hydrogens (tertiary/aromatic N) is 2. The molecule has 8 heteroatoms. The van der Waals surface area contributed by atoms with Gasteiger partial charge in [-0.25, -0.2) is 0 Å². The minimum atomic E-state index is -3.63. The summed E-state index contributed by atoms with van der Waals surface area (Å²) in [4.78, 5) is 0. The van der Waals surface area contributed by atoms with Crippen molar-refractivity contribution in [3.05, 3.63) is 29.8 Å². The van der Waals surface area contributed by atoms with E-state index >= 15 is 0 Å². The molecule has 0 bridgehead atoms. The van der Waals surface area contributed by atoms with E-state index in [0.717, 1.165) is 12.8 Å². The molecule has 1 heterocycles. The van der Waals surface area contributed by atoms with Crippen molar-refractivity contribution in [2.45, 2.75) is 19.8 Å². The monoisotopic (exact) mass is 312 g/mol. The number of oxime groups is 1. The molecule has 116 valence electrons. The maximum atomic E-state index is 12.4. The number of hydrogen-bond acceptors (Lipinski definition) is 4. The molecule has 2 rings (SSSR count). The summed E-state index contributed by atoms with van der Waals surface area (Å²) >= 11 is 0. The molecule has 1 saturated heterocycles. The molecule has 1 aliphatic heterocycles. The Morgan fingerprint density at radius 1 is 1.38 bits per heavy atom. The van der Waals surface area contributed by atoms with Gasteiger partial charge in [0.25, 0.3) is 0 Å². The third-order valence-corrected chi connectivity index (χ3v) is 5.16. The van der Waals surface area contributed by atoms with Crippen molar-refractivity contribution in [1.82, 2.24) is 4.31 Å². The van der Waals surface area contributed by atoms with Gasteiger partial charge in [-0.3, -0.25) is 4.72 Å². The molecule has 1 aliphatic rings. The fourth-order valence-electron chi connectivity index (χ4n) is 2.28. The second-order valence-corrected chi connectivity index (χ2v) is 6.89. The van der Waals surface area contributed by atoms with Crippen molar-refractivity contribution in [2.24, 2.45) is 16.8 Å². The van der Waals surface area contributed by atoms with Crippen LogP contribution in [0.1, 0.15) is 25.3 Å². The van der Waals surface area contributed by atoms with Gasteiger partial charge in [-0.05, 0) is 30.9 Å². The van der Waals surface area contributed by atoms with E-state index in [2.05, 4.69) is 16.8 Å². The first-order chi connectivity index (χ1) is 9.94. The van der Waals surface area contributed by atoms with E-state index in [0.29, 0.717) is 30.3 Å². The summed E-state index contributed by atoms with van der Waals surface area (Å²) in [5.41, 5.74) is 6.20. The molecule has 0 aliphatic carbocycles. The van der Waals surface area contributed by atoms with Gasteiger partial charge < -0.3 is 10.9 Å². The average Bonchev–Trinajstić information content (AvgIpc) is 2.47. The van der Waals surface area contributed by atoms with E-state index < -0.39 is 10.2 Å². The topological polar surface area (TPSA) is 108 Å². The number of nitrogens with two attached hydrogens (primary N) is 1. The number of rotatable bonds is 4. The minimum Gasteiger partial charge on any atom is -0.409 e. The van der Waals surface area contributed by atoms with E-state index in [1.54, 1.807) is 24.3 Å². The maximum Gasteiger partial charge on any atom is 0.301 e. The second kappa shape index (κ2) is 6.31. The molecule has 0 saturated carbocycles. The predicted molar refractivity (Wildman–Crippen MR) is 81.5 cm³/mol. The van der Waals surface area contributed by atoms with E-state index in [-0.39, 0.29) is 5.84 Å². The fraction of sp³-hybridized carbons (Fsp3) is 0.462. The van der Waals surface area contributed by atoms with Gasteiger partial charge in [-0.1, -0.05) is 24.2 Å². The van der Waals surface area contributed by atoms with Gasteiger partial charge in [-0.2, -0.15) is 12.7 Å². The van der Waals surface area contributed by atoms with Crippen LogP contribution in [0.2, 0.25) is 0 Å². The highest BCUT2D eigenvalue weighted by Gasteiger charge is 2.27. The van der Waals surface area contributed by atoms with Crippen LogP contribution in [0.5, 0.6) is 0 Å². The molecule has 0 unspecified atom stereocenters. The van der Waals surface area contributed by atoms with Gasteiger partial charge in [0.2, 0.25) is 0 Å². The number of anilines is 1. The lowest BCUT2D eigenvalue weighted by Crippen LogP contribution is -2.41. The van der Waals surface area contributed by atoms with Crippen molar-refractivity contribution >= 4 is 21.7 Å². The van der Waals surface area contributed by atoms with E-state index in [1.165, 1.54) is 4.31 Å². The largest absolute Gasteiger partial charge is 0.409 e. The maximum absolute atomic E-state index is 12.4. The first-order valence-electron chi connectivity index (χ1n) is 6.79. The standard InChI is InChI=1S/C13H20N4O3S/c1-10-6-8-17(9-7-10)21(19,20)16-12-5-3-2-4-11(12)13(14)15-18/h2-5,10,16,18H,6-9H2,1H3,(H2,14,15). The third kappa shape index (κ3) is 3.64. The molecular formula is C13H20N4O3S. The summed E-state index contributed by atoms with van der Waals surface area (Å²) in [6.07, 6.45) is 1.70. The molecule has 0 aromatic heterocycles. The van der Waals surface area contributed by atoms with Crippen LogP contribution in [0.3, 0.4) is 0 Å². The van der Waals surface area contributed by atoms with Gasteiger partial charge >= 0.3 is 10.2 Å². The molecule has 0 atom stereocenters. The van der Waals surface area contributed by atoms with Gasteiger partial charge in [0, 0.05) is 18.7 Å². The Labute approximate surface area is 124 Å². The molecule has 21 heavy (non-hydrogen) atoms. The summed E-state index contributed by atoms with van der Waals surface area (Å²) in [7, 11) is -3.63. The van der Waals surface area contributed by atoms with Crippen LogP contribution >= 0.6 is 0 Å². The van der Waals surface area contributed by atoms with Gasteiger partial charge in [0.1, 0.15) is 0 Å². The molecule has 0 radical (unpaired) electrons. The third-order valence-electron chi connectivity index (χ3n) is 3.63. The average molecular weight is 312 g/mol. The number of benzene rings is 1. The smallest absolute Gasteiger partial charge is 0.301 e.